The van der Waals surface area contributed by atoms with Crippen LogP contribution in [0.15, 0.2) is 54.6 Å². The van der Waals surface area contributed by atoms with Crippen LogP contribution in [0, 0.1) is 13.8 Å². The lowest BCUT2D eigenvalue weighted by molar-refractivity contribution is 0.338. The quantitative estimate of drug-likeness (QED) is 0.516. The second kappa shape index (κ2) is 9.94. The lowest BCUT2D eigenvalue weighted by Crippen LogP contribution is -2.31. The number of aryl methyl sites for hydroxylation is 2. The molecule has 0 amide bonds. The largest absolute Gasteiger partial charge is 0.494 e. The van der Waals surface area contributed by atoms with E-state index in [9.17, 15) is 0 Å². The molecule has 3 aromatic rings. The Balaban J connectivity index is 1.62. The van der Waals surface area contributed by atoms with E-state index >= 15 is 0 Å². The summed E-state index contributed by atoms with van der Waals surface area (Å²) in [6.07, 6.45) is 1.10. The first-order valence-corrected chi connectivity index (χ1v) is 11.4. The maximum atomic E-state index is 5.74. The predicted molar refractivity (Wildman–Crippen MR) is 132 cm³/mol. The first-order valence-electron chi connectivity index (χ1n) is 11.4. The van der Waals surface area contributed by atoms with Crippen molar-refractivity contribution < 1.29 is 9.47 Å². The van der Waals surface area contributed by atoms with Crippen LogP contribution in [0.4, 0.5) is 11.4 Å². The van der Waals surface area contributed by atoms with Crippen molar-refractivity contribution in [1.29, 1.82) is 0 Å². The molecule has 2 aromatic carbocycles. The monoisotopic (exact) mass is 431 g/mol. The molecular weight excluding hydrogens is 398 g/mol. The number of pyridine rings is 1. The van der Waals surface area contributed by atoms with Crippen LogP contribution in [0.5, 0.6) is 11.6 Å². The Hall–Kier alpha value is -3.21. The first-order chi connectivity index (χ1) is 15.6. The van der Waals surface area contributed by atoms with Gasteiger partial charge >= 0.3 is 0 Å². The summed E-state index contributed by atoms with van der Waals surface area (Å²) in [6, 6.07) is 19.3. The standard InChI is InChI=1S/C27H33N3O2/c1-5-32-25-13-9-22(19-21(25)3)27-24(12-14-26(28-27)31-4)30-16-6-15-29(17-18-30)23-10-7-20(2)8-11-23/h7-14,19H,5-6,15-18H2,1-4H3. The van der Waals surface area contributed by atoms with E-state index in [2.05, 4.69) is 66.1 Å². The summed E-state index contributed by atoms with van der Waals surface area (Å²) in [4.78, 5) is 9.80. The van der Waals surface area contributed by atoms with Crippen LogP contribution in [0.25, 0.3) is 11.3 Å². The van der Waals surface area contributed by atoms with Gasteiger partial charge in [0.2, 0.25) is 5.88 Å². The van der Waals surface area contributed by atoms with Crippen LogP contribution in [-0.2, 0) is 0 Å². The van der Waals surface area contributed by atoms with E-state index in [0.717, 1.165) is 60.9 Å². The Bertz CT molecular complexity index is 1050. The second-order valence-corrected chi connectivity index (χ2v) is 8.30. The Morgan fingerprint density at radius 1 is 0.875 bits per heavy atom. The average molecular weight is 432 g/mol. The molecule has 1 aliphatic rings. The molecular formula is C27H33N3O2. The van der Waals surface area contributed by atoms with Crippen LogP contribution in [0.2, 0.25) is 0 Å². The van der Waals surface area contributed by atoms with Crippen LogP contribution in [0.1, 0.15) is 24.5 Å². The minimum absolute atomic E-state index is 0.631. The van der Waals surface area contributed by atoms with Crippen molar-refractivity contribution in [2.24, 2.45) is 0 Å². The lowest BCUT2D eigenvalue weighted by Gasteiger charge is -2.26. The molecule has 5 heteroatoms. The third-order valence-corrected chi connectivity index (χ3v) is 6.04. The molecule has 168 valence electrons. The molecule has 0 spiro atoms. The summed E-state index contributed by atoms with van der Waals surface area (Å²) in [6.45, 7) is 10.9. The van der Waals surface area contributed by atoms with Gasteiger partial charge in [-0.25, -0.2) is 4.98 Å². The summed E-state index contributed by atoms with van der Waals surface area (Å²) in [5.41, 5.74) is 6.90. The zero-order chi connectivity index (χ0) is 22.5. The van der Waals surface area contributed by atoms with Gasteiger partial charge in [0.05, 0.1) is 25.1 Å². The van der Waals surface area contributed by atoms with Crippen LogP contribution in [0.3, 0.4) is 0 Å². The first kappa shape index (κ1) is 22.0. The molecule has 4 rings (SSSR count). The Morgan fingerprint density at radius 3 is 2.34 bits per heavy atom. The van der Waals surface area contributed by atoms with Crippen LogP contribution in [-0.4, -0.2) is 44.9 Å². The van der Waals surface area contributed by atoms with Gasteiger partial charge in [0.1, 0.15) is 5.75 Å². The van der Waals surface area contributed by atoms with Gasteiger partial charge < -0.3 is 19.3 Å². The SMILES string of the molecule is CCOc1ccc(-c2nc(OC)ccc2N2CCCN(c3ccc(C)cc3)CC2)cc1C. The minimum Gasteiger partial charge on any atom is -0.494 e. The number of hydrogen-bond donors (Lipinski definition) is 0. The van der Waals surface area contributed by atoms with Gasteiger partial charge in [-0.05, 0) is 69.2 Å². The number of aromatic nitrogens is 1. The van der Waals surface area contributed by atoms with E-state index in [1.54, 1.807) is 7.11 Å². The van der Waals surface area contributed by atoms with Crippen molar-refractivity contribution in [2.75, 3.05) is 49.7 Å². The van der Waals surface area contributed by atoms with Gasteiger partial charge in [-0.3, -0.25) is 0 Å². The molecule has 2 heterocycles. The molecule has 0 N–H and O–H groups in total. The number of ether oxygens (including phenoxy) is 2. The van der Waals surface area contributed by atoms with E-state index in [4.69, 9.17) is 14.5 Å². The maximum Gasteiger partial charge on any atom is 0.213 e. The molecule has 0 bridgehead atoms. The molecule has 0 radical (unpaired) electrons. The van der Waals surface area contributed by atoms with Crippen molar-refractivity contribution in [3.05, 3.63) is 65.7 Å². The molecule has 0 atom stereocenters. The molecule has 1 fully saturated rings. The Kier molecular flexibility index (Phi) is 6.84. The zero-order valence-corrected chi connectivity index (χ0v) is 19.6. The van der Waals surface area contributed by atoms with E-state index in [-0.39, 0.29) is 0 Å². The smallest absolute Gasteiger partial charge is 0.213 e. The normalized spacial score (nSPS) is 14.2. The van der Waals surface area contributed by atoms with Crippen molar-refractivity contribution in [3.8, 4) is 22.9 Å². The highest BCUT2D eigenvalue weighted by molar-refractivity contribution is 5.77. The Labute approximate surface area is 191 Å². The molecule has 1 saturated heterocycles. The Morgan fingerprint density at radius 2 is 1.62 bits per heavy atom. The van der Waals surface area contributed by atoms with E-state index in [1.807, 2.05) is 19.1 Å². The summed E-state index contributed by atoms with van der Waals surface area (Å²) < 4.78 is 11.2. The molecule has 5 nitrogen and oxygen atoms in total. The van der Waals surface area contributed by atoms with Gasteiger partial charge in [0.25, 0.3) is 0 Å². The summed E-state index contributed by atoms with van der Waals surface area (Å²) in [5.74, 6) is 1.55. The van der Waals surface area contributed by atoms with Gasteiger partial charge in [-0.1, -0.05) is 17.7 Å². The third-order valence-electron chi connectivity index (χ3n) is 6.04. The summed E-state index contributed by atoms with van der Waals surface area (Å²) in [7, 11) is 1.67. The fourth-order valence-electron chi connectivity index (χ4n) is 4.30. The number of anilines is 2. The molecule has 0 saturated carbocycles. The number of rotatable bonds is 6. The molecule has 1 aliphatic heterocycles. The van der Waals surface area contributed by atoms with Crippen molar-refractivity contribution in [2.45, 2.75) is 27.2 Å². The fourth-order valence-corrected chi connectivity index (χ4v) is 4.30. The van der Waals surface area contributed by atoms with Crippen molar-refractivity contribution in [1.82, 2.24) is 4.98 Å². The van der Waals surface area contributed by atoms with Gasteiger partial charge in [-0.2, -0.15) is 0 Å². The van der Waals surface area contributed by atoms with Crippen molar-refractivity contribution >= 4 is 11.4 Å². The van der Waals surface area contributed by atoms with E-state index in [1.165, 1.54) is 11.3 Å². The van der Waals surface area contributed by atoms with Crippen molar-refractivity contribution in [3.63, 3.8) is 0 Å². The van der Waals surface area contributed by atoms with Crippen LogP contribution >= 0.6 is 0 Å². The fraction of sp³-hybridized carbons (Fsp3) is 0.370. The highest BCUT2D eigenvalue weighted by atomic mass is 16.5. The zero-order valence-electron chi connectivity index (χ0n) is 19.6. The molecule has 0 unspecified atom stereocenters. The topological polar surface area (TPSA) is 37.8 Å². The summed E-state index contributed by atoms with van der Waals surface area (Å²) in [5, 5.41) is 0. The number of benzene rings is 2. The maximum absolute atomic E-state index is 5.74. The third kappa shape index (κ3) is 4.82. The molecule has 1 aromatic heterocycles. The lowest BCUT2D eigenvalue weighted by atomic mass is 10.1. The van der Waals surface area contributed by atoms with Gasteiger partial charge in [-0.15, -0.1) is 0 Å². The minimum atomic E-state index is 0.631. The number of nitrogens with zero attached hydrogens (tertiary/aromatic N) is 3. The highest BCUT2D eigenvalue weighted by Gasteiger charge is 2.20. The number of methoxy groups -OCH3 is 1. The summed E-state index contributed by atoms with van der Waals surface area (Å²) >= 11 is 0. The second-order valence-electron chi connectivity index (χ2n) is 8.30. The molecule has 0 aliphatic carbocycles. The molecule has 32 heavy (non-hydrogen) atoms. The highest BCUT2D eigenvalue weighted by Crippen LogP contribution is 2.34. The predicted octanol–water partition coefficient (Wildman–Crippen LogP) is 5.49. The average Bonchev–Trinajstić information content (AvgIpc) is 3.07. The number of hydrogen-bond acceptors (Lipinski definition) is 5. The van der Waals surface area contributed by atoms with Gasteiger partial charge in [0, 0.05) is 43.5 Å². The van der Waals surface area contributed by atoms with Crippen LogP contribution < -0.4 is 19.3 Å². The van der Waals surface area contributed by atoms with E-state index in [0.29, 0.717) is 12.5 Å². The van der Waals surface area contributed by atoms with E-state index < -0.39 is 0 Å². The van der Waals surface area contributed by atoms with Gasteiger partial charge in [0.15, 0.2) is 0 Å².